The molecule has 1 aromatic rings. The van der Waals surface area contributed by atoms with E-state index in [1.807, 2.05) is 12.1 Å². The SMILES string of the molecule is O=C(CCc1ccc(S(=O)(=O)N2CCCCC2)cc1)OC1CCCCC1. The molecule has 0 radical (unpaired) electrons. The Balaban J connectivity index is 1.51. The number of aryl methyl sites for hydroxylation is 1. The lowest BCUT2D eigenvalue weighted by molar-refractivity contribution is -0.150. The molecular weight excluding hydrogens is 350 g/mol. The minimum atomic E-state index is -3.39. The number of hydrogen-bond donors (Lipinski definition) is 0. The second-order valence-electron chi connectivity index (χ2n) is 7.36. The third-order valence-corrected chi connectivity index (χ3v) is 7.26. The smallest absolute Gasteiger partial charge is 0.306 e. The molecule has 1 aliphatic carbocycles. The highest BCUT2D eigenvalue weighted by Gasteiger charge is 2.25. The van der Waals surface area contributed by atoms with Crippen LogP contribution in [0, 0.1) is 0 Å². The van der Waals surface area contributed by atoms with Gasteiger partial charge in [0, 0.05) is 19.5 Å². The summed E-state index contributed by atoms with van der Waals surface area (Å²) >= 11 is 0. The first-order valence-corrected chi connectivity index (χ1v) is 11.3. The molecule has 0 spiro atoms. The predicted octanol–water partition coefficient (Wildman–Crippen LogP) is 3.67. The fourth-order valence-corrected chi connectivity index (χ4v) is 5.27. The zero-order chi connectivity index (χ0) is 18.4. The van der Waals surface area contributed by atoms with Crippen LogP contribution in [0.15, 0.2) is 29.2 Å². The van der Waals surface area contributed by atoms with Gasteiger partial charge in [0.25, 0.3) is 0 Å². The van der Waals surface area contributed by atoms with Crippen molar-refractivity contribution in [2.75, 3.05) is 13.1 Å². The van der Waals surface area contributed by atoms with Crippen LogP contribution in [0.1, 0.15) is 63.4 Å². The predicted molar refractivity (Wildman–Crippen MR) is 100 cm³/mol. The summed E-state index contributed by atoms with van der Waals surface area (Å²) in [7, 11) is -3.39. The molecule has 0 aromatic heterocycles. The minimum Gasteiger partial charge on any atom is -0.462 e. The van der Waals surface area contributed by atoms with Crippen LogP contribution >= 0.6 is 0 Å². The van der Waals surface area contributed by atoms with E-state index >= 15 is 0 Å². The number of carbonyl (C=O) groups is 1. The zero-order valence-corrected chi connectivity index (χ0v) is 16.2. The lowest BCUT2D eigenvalue weighted by Gasteiger charge is -2.25. The van der Waals surface area contributed by atoms with Crippen LogP contribution in [0.2, 0.25) is 0 Å². The maximum absolute atomic E-state index is 12.6. The number of carbonyl (C=O) groups excluding carboxylic acids is 1. The van der Waals surface area contributed by atoms with Crippen LogP contribution in [0.5, 0.6) is 0 Å². The van der Waals surface area contributed by atoms with Gasteiger partial charge >= 0.3 is 5.97 Å². The Bertz CT molecular complexity index is 687. The average Bonchev–Trinajstić information content (AvgIpc) is 2.68. The Labute approximate surface area is 156 Å². The third-order valence-electron chi connectivity index (χ3n) is 5.34. The summed E-state index contributed by atoms with van der Waals surface area (Å²) in [4.78, 5) is 12.3. The molecular formula is C20H29NO4S. The minimum absolute atomic E-state index is 0.0910. The van der Waals surface area contributed by atoms with E-state index in [4.69, 9.17) is 4.74 Å². The Morgan fingerprint density at radius 1 is 0.962 bits per heavy atom. The molecule has 144 valence electrons. The monoisotopic (exact) mass is 379 g/mol. The number of ether oxygens (including phenoxy) is 1. The number of esters is 1. The number of benzene rings is 1. The van der Waals surface area contributed by atoms with Crippen LogP contribution in [0.3, 0.4) is 0 Å². The van der Waals surface area contributed by atoms with Crippen LogP contribution in [-0.2, 0) is 26.0 Å². The molecule has 6 heteroatoms. The Hall–Kier alpha value is -1.40. The number of sulfonamides is 1. The van der Waals surface area contributed by atoms with Gasteiger partial charge in [-0.1, -0.05) is 25.0 Å². The van der Waals surface area contributed by atoms with Crippen molar-refractivity contribution < 1.29 is 17.9 Å². The Morgan fingerprint density at radius 2 is 1.58 bits per heavy atom. The standard InChI is InChI=1S/C20H29NO4S/c22-20(25-18-7-3-1-4-8-18)14-11-17-9-12-19(13-10-17)26(23,24)21-15-5-2-6-16-21/h9-10,12-13,18H,1-8,11,14-16H2. The molecule has 1 saturated carbocycles. The molecule has 2 aliphatic rings. The number of nitrogens with zero attached hydrogens (tertiary/aromatic N) is 1. The van der Waals surface area contributed by atoms with Gasteiger partial charge in [0.1, 0.15) is 6.10 Å². The first kappa shape index (κ1) is 19.4. The lowest BCUT2D eigenvalue weighted by Crippen LogP contribution is -2.35. The van der Waals surface area contributed by atoms with Gasteiger partial charge in [-0.25, -0.2) is 8.42 Å². The molecule has 0 bridgehead atoms. The van der Waals surface area contributed by atoms with Crippen molar-refractivity contribution in [2.24, 2.45) is 0 Å². The van der Waals surface area contributed by atoms with Crippen LogP contribution in [0.4, 0.5) is 0 Å². The number of rotatable bonds is 6. The van der Waals surface area contributed by atoms with Gasteiger partial charge in [0.05, 0.1) is 4.90 Å². The van der Waals surface area contributed by atoms with E-state index in [0.717, 1.165) is 50.5 Å². The van der Waals surface area contributed by atoms with Gasteiger partial charge in [-0.05, 0) is 62.6 Å². The van der Waals surface area contributed by atoms with E-state index in [-0.39, 0.29) is 12.1 Å². The molecule has 3 rings (SSSR count). The summed E-state index contributed by atoms with van der Waals surface area (Å²) in [6.07, 6.45) is 9.46. The van der Waals surface area contributed by atoms with E-state index in [9.17, 15) is 13.2 Å². The van der Waals surface area contributed by atoms with Crippen molar-refractivity contribution in [1.29, 1.82) is 0 Å². The van der Waals surface area contributed by atoms with Crippen LogP contribution in [0.25, 0.3) is 0 Å². The molecule has 5 nitrogen and oxygen atoms in total. The van der Waals surface area contributed by atoms with E-state index in [1.165, 1.54) is 6.42 Å². The first-order valence-electron chi connectivity index (χ1n) is 9.84. The van der Waals surface area contributed by atoms with Crippen LogP contribution < -0.4 is 0 Å². The summed E-state index contributed by atoms with van der Waals surface area (Å²) in [6, 6.07) is 6.94. The molecule has 0 N–H and O–H groups in total. The highest BCUT2D eigenvalue weighted by atomic mass is 32.2. The van der Waals surface area contributed by atoms with E-state index in [2.05, 4.69) is 0 Å². The highest BCUT2D eigenvalue weighted by Crippen LogP contribution is 2.22. The molecule has 1 saturated heterocycles. The van der Waals surface area contributed by atoms with E-state index in [0.29, 0.717) is 30.8 Å². The fourth-order valence-electron chi connectivity index (χ4n) is 3.76. The van der Waals surface area contributed by atoms with E-state index < -0.39 is 10.0 Å². The fraction of sp³-hybridized carbons (Fsp3) is 0.650. The quantitative estimate of drug-likeness (QED) is 0.708. The average molecular weight is 380 g/mol. The molecule has 2 fully saturated rings. The molecule has 1 aromatic carbocycles. The van der Waals surface area contributed by atoms with Crippen molar-refractivity contribution >= 4 is 16.0 Å². The number of hydrogen-bond acceptors (Lipinski definition) is 4. The first-order chi connectivity index (χ1) is 12.6. The van der Waals surface area contributed by atoms with Gasteiger partial charge in [-0.15, -0.1) is 0 Å². The summed E-state index contributed by atoms with van der Waals surface area (Å²) in [5, 5.41) is 0. The van der Waals surface area contributed by atoms with Crippen LogP contribution in [-0.4, -0.2) is 37.9 Å². The van der Waals surface area contributed by atoms with Gasteiger partial charge in [0.15, 0.2) is 0 Å². The van der Waals surface area contributed by atoms with Crippen molar-refractivity contribution in [3.63, 3.8) is 0 Å². The molecule has 0 atom stereocenters. The lowest BCUT2D eigenvalue weighted by atomic mass is 9.98. The van der Waals surface area contributed by atoms with Gasteiger partial charge in [-0.2, -0.15) is 4.31 Å². The molecule has 1 heterocycles. The summed E-state index contributed by atoms with van der Waals surface area (Å²) in [5.74, 6) is -0.151. The van der Waals surface area contributed by atoms with Gasteiger partial charge in [-0.3, -0.25) is 4.79 Å². The van der Waals surface area contributed by atoms with Gasteiger partial charge in [0.2, 0.25) is 10.0 Å². The maximum Gasteiger partial charge on any atom is 0.306 e. The highest BCUT2D eigenvalue weighted by molar-refractivity contribution is 7.89. The summed E-state index contributed by atoms with van der Waals surface area (Å²) in [6.45, 7) is 1.22. The Morgan fingerprint density at radius 3 is 2.23 bits per heavy atom. The normalized spacial score (nSPS) is 20.0. The Kier molecular flexibility index (Phi) is 6.70. The molecule has 0 unspecified atom stereocenters. The third kappa shape index (κ3) is 5.07. The van der Waals surface area contributed by atoms with Crippen molar-refractivity contribution in [3.05, 3.63) is 29.8 Å². The largest absolute Gasteiger partial charge is 0.462 e. The molecule has 26 heavy (non-hydrogen) atoms. The second kappa shape index (κ2) is 9.00. The number of piperidine rings is 1. The second-order valence-corrected chi connectivity index (χ2v) is 9.30. The molecule has 1 aliphatic heterocycles. The zero-order valence-electron chi connectivity index (χ0n) is 15.4. The topological polar surface area (TPSA) is 63.7 Å². The van der Waals surface area contributed by atoms with Crippen molar-refractivity contribution in [2.45, 2.75) is 75.2 Å². The van der Waals surface area contributed by atoms with Gasteiger partial charge < -0.3 is 4.74 Å². The van der Waals surface area contributed by atoms with E-state index in [1.54, 1.807) is 16.4 Å². The summed E-state index contributed by atoms with van der Waals surface area (Å²) in [5.41, 5.74) is 0.961. The van der Waals surface area contributed by atoms with Crippen molar-refractivity contribution in [3.8, 4) is 0 Å². The van der Waals surface area contributed by atoms with Crippen molar-refractivity contribution in [1.82, 2.24) is 4.31 Å². The molecule has 0 amide bonds. The maximum atomic E-state index is 12.6. The summed E-state index contributed by atoms with van der Waals surface area (Å²) < 4.78 is 32.4.